The maximum absolute atomic E-state index is 13.0. The van der Waals surface area contributed by atoms with Gasteiger partial charge in [-0.2, -0.15) is 13.2 Å². The van der Waals surface area contributed by atoms with Crippen LogP contribution >= 0.6 is 0 Å². The molecular weight excluding hydrogens is 501 g/mol. The summed E-state index contributed by atoms with van der Waals surface area (Å²) in [6.07, 6.45) is 2.40. The Morgan fingerprint density at radius 2 is 1.84 bits per heavy atom. The molecule has 1 saturated carbocycles. The van der Waals surface area contributed by atoms with Crippen LogP contribution in [0.4, 0.5) is 24.8 Å². The number of alkyl halides is 3. The first-order valence-electron chi connectivity index (χ1n) is 11.9. The minimum Gasteiger partial charge on any atom is -0.481 e. The highest BCUT2D eigenvalue weighted by Gasteiger charge is 2.32. The topological polar surface area (TPSA) is 136 Å². The summed E-state index contributed by atoms with van der Waals surface area (Å²) in [6, 6.07) is 7.96. The normalized spacial score (nSPS) is 17.9. The van der Waals surface area contributed by atoms with Gasteiger partial charge >= 0.3 is 12.1 Å². The van der Waals surface area contributed by atoms with E-state index in [-0.39, 0.29) is 23.1 Å². The molecule has 12 heteroatoms. The average Bonchev–Trinajstić information content (AvgIpc) is 3.29. The van der Waals surface area contributed by atoms with Gasteiger partial charge in [0.2, 0.25) is 0 Å². The maximum Gasteiger partial charge on any atom is 0.416 e. The van der Waals surface area contributed by atoms with Crippen molar-refractivity contribution in [3.63, 3.8) is 0 Å². The summed E-state index contributed by atoms with van der Waals surface area (Å²) in [5.41, 5.74) is 7.25. The number of carbonyl (C=O) groups is 2. The van der Waals surface area contributed by atoms with Crippen molar-refractivity contribution in [3.05, 3.63) is 71.9 Å². The number of hydrogen-bond donors (Lipinski definition) is 3. The first-order valence-corrected chi connectivity index (χ1v) is 11.9. The number of rotatable bonds is 5. The lowest BCUT2D eigenvalue weighted by Gasteiger charge is -2.25. The summed E-state index contributed by atoms with van der Waals surface area (Å²) in [7, 11) is 0. The third kappa shape index (κ3) is 4.89. The number of nitrogen functional groups attached to an aromatic ring is 1. The van der Waals surface area contributed by atoms with Gasteiger partial charge in [0.05, 0.1) is 11.5 Å². The highest BCUT2D eigenvalue weighted by atomic mass is 19.4. The smallest absolute Gasteiger partial charge is 0.416 e. The van der Waals surface area contributed by atoms with Crippen molar-refractivity contribution in [1.82, 2.24) is 19.4 Å². The summed E-state index contributed by atoms with van der Waals surface area (Å²) in [5.74, 6) is -1.21. The number of anilines is 2. The lowest BCUT2D eigenvalue weighted by Crippen LogP contribution is -2.22. The number of carbonyl (C=O) groups excluding carboxylic acids is 1. The second-order valence-corrected chi connectivity index (χ2v) is 9.21. The second kappa shape index (κ2) is 9.77. The van der Waals surface area contributed by atoms with E-state index in [1.54, 1.807) is 24.5 Å². The molecular formula is C26H23F3N6O3. The molecule has 2 unspecified atom stereocenters. The lowest BCUT2D eigenvalue weighted by atomic mass is 9.81. The predicted octanol–water partition coefficient (Wildman–Crippen LogP) is 5.00. The van der Waals surface area contributed by atoms with Gasteiger partial charge in [0.1, 0.15) is 28.7 Å². The first kappa shape index (κ1) is 25.2. The third-order valence-electron chi connectivity index (χ3n) is 6.75. The molecule has 3 heterocycles. The molecule has 0 saturated heterocycles. The predicted molar refractivity (Wildman–Crippen MR) is 132 cm³/mol. The quantitative estimate of drug-likeness (QED) is 0.334. The number of benzene rings is 1. The average molecular weight is 525 g/mol. The first-order chi connectivity index (χ1) is 18.1. The number of nitrogens with two attached hydrogens (primary N) is 1. The summed E-state index contributed by atoms with van der Waals surface area (Å²) < 4.78 is 40.7. The zero-order valence-corrected chi connectivity index (χ0v) is 19.9. The van der Waals surface area contributed by atoms with Crippen LogP contribution in [0.3, 0.4) is 0 Å². The van der Waals surface area contributed by atoms with Crippen LogP contribution in [-0.4, -0.2) is 36.3 Å². The number of pyridine rings is 1. The van der Waals surface area contributed by atoms with Crippen LogP contribution in [0.2, 0.25) is 0 Å². The number of carboxylic acids is 1. The zero-order chi connectivity index (χ0) is 27.0. The van der Waals surface area contributed by atoms with E-state index < -0.39 is 29.5 Å². The molecule has 1 aliphatic rings. The molecule has 0 bridgehead atoms. The Kier molecular flexibility index (Phi) is 6.47. The molecule has 2 atom stereocenters. The van der Waals surface area contributed by atoms with E-state index in [1.807, 2.05) is 4.40 Å². The van der Waals surface area contributed by atoms with Gasteiger partial charge in [-0.25, -0.2) is 15.0 Å². The molecule has 9 nitrogen and oxygen atoms in total. The Labute approximate surface area is 214 Å². The van der Waals surface area contributed by atoms with Crippen LogP contribution in [0.15, 0.2) is 55.0 Å². The summed E-state index contributed by atoms with van der Waals surface area (Å²) >= 11 is 0. The number of halogens is 3. The van der Waals surface area contributed by atoms with Gasteiger partial charge < -0.3 is 16.2 Å². The van der Waals surface area contributed by atoms with Crippen LogP contribution in [0, 0.1) is 5.92 Å². The molecule has 0 spiro atoms. The van der Waals surface area contributed by atoms with E-state index in [9.17, 15) is 27.9 Å². The monoisotopic (exact) mass is 524 g/mol. The van der Waals surface area contributed by atoms with E-state index in [2.05, 4.69) is 15.3 Å². The van der Waals surface area contributed by atoms with Gasteiger partial charge in [-0.05, 0) is 43.5 Å². The van der Waals surface area contributed by atoms with Crippen molar-refractivity contribution >= 4 is 29.0 Å². The van der Waals surface area contributed by atoms with Crippen molar-refractivity contribution in [2.24, 2.45) is 5.92 Å². The molecule has 1 fully saturated rings. The fourth-order valence-corrected chi connectivity index (χ4v) is 4.87. The van der Waals surface area contributed by atoms with E-state index in [0.717, 1.165) is 31.2 Å². The van der Waals surface area contributed by atoms with E-state index in [1.165, 1.54) is 12.1 Å². The van der Waals surface area contributed by atoms with Gasteiger partial charge in [0, 0.05) is 35.6 Å². The Balaban J connectivity index is 1.43. The Morgan fingerprint density at radius 3 is 2.55 bits per heavy atom. The Bertz CT molecular complexity index is 1520. The van der Waals surface area contributed by atoms with Gasteiger partial charge in [-0.15, -0.1) is 0 Å². The largest absolute Gasteiger partial charge is 0.481 e. The molecule has 0 radical (unpaired) electrons. The summed E-state index contributed by atoms with van der Waals surface area (Å²) in [4.78, 5) is 37.1. The van der Waals surface area contributed by atoms with Crippen molar-refractivity contribution in [2.75, 3.05) is 11.1 Å². The van der Waals surface area contributed by atoms with Crippen LogP contribution in [0.5, 0.6) is 0 Å². The van der Waals surface area contributed by atoms with Crippen molar-refractivity contribution in [3.8, 4) is 11.3 Å². The molecule has 4 N–H and O–H groups in total. The number of aliphatic carboxylic acids is 1. The molecule has 1 aliphatic carbocycles. The van der Waals surface area contributed by atoms with Crippen LogP contribution in [0.1, 0.15) is 53.3 Å². The molecule has 4 aromatic rings. The van der Waals surface area contributed by atoms with E-state index in [4.69, 9.17) is 10.7 Å². The number of imidazole rings is 1. The number of nitrogens with one attached hydrogen (secondary N) is 1. The van der Waals surface area contributed by atoms with E-state index >= 15 is 0 Å². The molecule has 196 valence electrons. The Hall–Kier alpha value is -4.48. The molecule has 38 heavy (non-hydrogen) atoms. The summed E-state index contributed by atoms with van der Waals surface area (Å²) in [6.45, 7) is 0. The van der Waals surface area contributed by atoms with Crippen molar-refractivity contribution < 1.29 is 27.9 Å². The number of fused-ring (bicyclic) bond motifs is 1. The van der Waals surface area contributed by atoms with Crippen molar-refractivity contribution in [2.45, 2.75) is 37.8 Å². The molecule has 0 aliphatic heterocycles. The van der Waals surface area contributed by atoms with Crippen molar-refractivity contribution in [1.29, 1.82) is 0 Å². The molecule has 3 aromatic heterocycles. The van der Waals surface area contributed by atoms with Gasteiger partial charge in [-0.3, -0.25) is 14.0 Å². The molecule has 1 amide bonds. The molecule has 1 aromatic carbocycles. The molecule has 5 rings (SSSR count). The second-order valence-electron chi connectivity index (χ2n) is 9.21. The highest BCUT2D eigenvalue weighted by molar-refractivity contribution is 6.04. The number of hydrogen-bond acceptors (Lipinski definition) is 6. The minimum atomic E-state index is -4.56. The minimum absolute atomic E-state index is 0.0714. The number of amides is 1. The third-order valence-corrected chi connectivity index (χ3v) is 6.75. The zero-order valence-electron chi connectivity index (χ0n) is 19.9. The fraction of sp³-hybridized carbons (Fsp3) is 0.269. The standard InChI is InChI=1S/C26H23F3N6O3/c27-26(28,29)18-8-9-31-19(13-18)33-24(36)15-6-4-14(5-7-15)20-21-22(30)32-10-11-35(21)23(34-20)16-2-1-3-17(12-16)25(37)38/h4-11,13,16-17H,1-3,12H2,(H2,30,32)(H,37,38)(H,31,33,36). The lowest BCUT2D eigenvalue weighted by molar-refractivity contribution is -0.143. The highest BCUT2D eigenvalue weighted by Crippen LogP contribution is 2.39. The van der Waals surface area contributed by atoms with Crippen LogP contribution < -0.4 is 11.1 Å². The van der Waals surface area contributed by atoms with E-state index in [0.29, 0.717) is 35.4 Å². The number of carboxylic acid groups (broad SMARTS) is 1. The van der Waals surface area contributed by atoms with Crippen LogP contribution in [-0.2, 0) is 11.0 Å². The Morgan fingerprint density at radius 1 is 1.08 bits per heavy atom. The van der Waals surface area contributed by atoms with Gasteiger partial charge in [-0.1, -0.05) is 18.6 Å². The fourth-order valence-electron chi connectivity index (χ4n) is 4.87. The number of nitrogens with zero attached hydrogens (tertiary/aromatic N) is 4. The van der Waals surface area contributed by atoms with Gasteiger partial charge in [0.15, 0.2) is 0 Å². The summed E-state index contributed by atoms with van der Waals surface area (Å²) in [5, 5.41) is 11.9. The maximum atomic E-state index is 13.0. The van der Waals surface area contributed by atoms with Gasteiger partial charge in [0.25, 0.3) is 5.91 Å². The van der Waals surface area contributed by atoms with Crippen LogP contribution in [0.25, 0.3) is 16.8 Å². The number of aromatic nitrogens is 4. The SMILES string of the molecule is Nc1nccn2c(C3CCCC(C(=O)O)C3)nc(-c3ccc(C(=O)Nc4cc(C(F)(F)F)ccn4)cc3)c12.